The Balaban J connectivity index is 2.09. The Morgan fingerprint density at radius 3 is 2.71 bits per heavy atom. The summed E-state index contributed by atoms with van der Waals surface area (Å²) in [7, 11) is 0. The normalized spacial score (nSPS) is 19.5. The van der Waals surface area contributed by atoms with E-state index in [9.17, 15) is 9.59 Å². The molecule has 1 aliphatic heterocycles. The summed E-state index contributed by atoms with van der Waals surface area (Å²) in [4.78, 5) is 22.5. The summed E-state index contributed by atoms with van der Waals surface area (Å²) in [6.45, 7) is 5.12. The minimum Gasteiger partial charge on any atom is -0.352 e. The minimum absolute atomic E-state index is 0.0306. The lowest BCUT2D eigenvalue weighted by Gasteiger charge is -2.16. The SMILES string of the molecule is CCC(CC)NC(=O)CNCC1CCC(=O)N1. The van der Waals surface area contributed by atoms with Gasteiger partial charge in [0.2, 0.25) is 11.8 Å². The van der Waals surface area contributed by atoms with Gasteiger partial charge in [0.1, 0.15) is 0 Å². The first kappa shape index (κ1) is 14.0. The maximum Gasteiger partial charge on any atom is 0.234 e. The van der Waals surface area contributed by atoms with Gasteiger partial charge in [-0.15, -0.1) is 0 Å². The highest BCUT2D eigenvalue weighted by Gasteiger charge is 2.20. The summed E-state index contributed by atoms with van der Waals surface area (Å²) in [5.41, 5.74) is 0. The van der Waals surface area contributed by atoms with Gasteiger partial charge < -0.3 is 16.0 Å². The second-order valence-electron chi connectivity index (χ2n) is 4.51. The van der Waals surface area contributed by atoms with Gasteiger partial charge in [-0.25, -0.2) is 0 Å². The number of nitrogens with one attached hydrogen (secondary N) is 3. The molecule has 1 rings (SSSR count). The fraction of sp³-hybridized carbons (Fsp3) is 0.833. The fourth-order valence-corrected chi connectivity index (χ4v) is 1.96. The van der Waals surface area contributed by atoms with Crippen molar-refractivity contribution in [1.82, 2.24) is 16.0 Å². The monoisotopic (exact) mass is 241 g/mol. The van der Waals surface area contributed by atoms with Crippen LogP contribution in [0.2, 0.25) is 0 Å². The van der Waals surface area contributed by atoms with Gasteiger partial charge in [-0.05, 0) is 19.3 Å². The predicted molar refractivity (Wildman–Crippen MR) is 66.5 cm³/mol. The average Bonchev–Trinajstić information content (AvgIpc) is 2.72. The standard InChI is InChI=1S/C12H23N3O2/c1-3-9(4-2)14-12(17)8-13-7-10-5-6-11(16)15-10/h9-10,13H,3-8H2,1-2H3,(H,14,17)(H,15,16). The van der Waals surface area contributed by atoms with Crippen LogP contribution >= 0.6 is 0 Å². The van der Waals surface area contributed by atoms with Crippen LogP contribution in [0.25, 0.3) is 0 Å². The van der Waals surface area contributed by atoms with Crippen molar-refractivity contribution in [3.05, 3.63) is 0 Å². The quantitative estimate of drug-likeness (QED) is 0.594. The van der Waals surface area contributed by atoms with Crippen LogP contribution in [0.15, 0.2) is 0 Å². The minimum atomic E-state index is 0.0306. The van der Waals surface area contributed by atoms with Crippen molar-refractivity contribution in [2.24, 2.45) is 0 Å². The first-order valence-corrected chi connectivity index (χ1v) is 6.45. The summed E-state index contributed by atoms with van der Waals surface area (Å²) in [6, 6.07) is 0.457. The first-order chi connectivity index (χ1) is 8.15. The molecule has 3 N–H and O–H groups in total. The summed E-state index contributed by atoms with van der Waals surface area (Å²) in [6.07, 6.45) is 3.38. The number of amides is 2. The lowest BCUT2D eigenvalue weighted by Crippen LogP contribution is -2.43. The highest BCUT2D eigenvalue weighted by Crippen LogP contribution is 2.04. The Kier molecular flexibility index (Phi) is 5.97. The lowest BCUT2D eigenvalue weighted by atomic mass is 10.2. The molecule has 1 unspecified atom stereocenters. The van der Waals surface area contributed by atoms with Gasteiger partial charge >= 0.3 is 0 Å². The van der Waals surface area contributed by atoms with Gasteiger partial charge in [-0.2, -0.15) is 0 Å². The third kappa shape index (κ3) is 5.17. The van der Waals surface area contributed by atoms with E-state index in [4.69, 9.17) is 0 Å². The van der Waals surface area contributed by atoms with Gasteiger partial charge in [0, 0.05) is 25.0 Å². The number of carbonyl (C=O) groups is 2. The van der Waals surface area contributed by atoms with Crippen LogP contribution in [0, 0.1) is 0 Å². The van der Waals surface area contributed by atoms with Crippen LogP contribution < -0.4 is 16.0 Å². The van der Waals surface area contributed by atoms with Gasteiger partial charge in [0.25, 0.3) is 0 Å². The highest BCUT2D eigenvalue weighted by molar-refractivity contribution is 5.79. The van der Waals surface area contributed by atoms with Crippen LogP contribution in [0.1, 0.15) is 39.5 Å². The van der Waals surface area contributed by atoms with E-state index in [-0.39, 0.29) is 23.9 Å². The topological polar surface area (TPSA) is 70.2 Å². The second-order valence-corrected chi connectivity index (χ2v) is 4.51. The molecule has 98 valence electrons. The van der Waals surface area contributed by atoms with Crippen LogP contribution in [0.5, 0.6) is 0 Å². The summed E-state index contributed by atoms with van der Waals surface area (Å²) < 4.78 is 0. The predicted octanol–water partition coefficient (Wildman–Crippen LogP) is 0.159. The van der Waals surface area contributed by atoms with E-state index in [0.29, 0.717) is 19.5 Å². The Labute approximate surface area is 103 Å². The number of carbonyl (C=O) groups excluding carboxylic acids is 2. The maximum absolute atomic E-state index is 11.5. The van der Waals surface area contributed by atoms with Gasteiger partial charge in [-0.1, -0.05) is 13.8 Å². The smallest absolute Gasteiger partial charge is 0.234 e. The zero-order chi connectivity index (χ0) is 12.7. The summed E-state index contributed by atoms with van der Waals surface area (Å²) in [5, 5.41) is 8.89. The molecular weight excluding hydrogens is 218 g/mol. The molecule has 5 nitrogen and oxygen atoms in total. The molecule has 0 aromatic carbocycles. The van der Waals surface area contributed by atoms with Crippen molar-refractivity contribution in [2.45, 2.75) is 51.6 Å². The molecule has 1 aliphatic rings. The molecule has 0 aliphatic carbocycles. The zero-order valence-corrected chi connectivity index (χ0v) is 10.7. The third-order valence-corrected chi connectivity index (χ3v) is 3.11. The largest absolute Gasteiger partial charge is 0.352 e. The summed E-state index contributed by atoms with van der Waals surface area (Å²) >= 11 is 0. The molecule has 1 atom stereocenters. The molecule has 0 saturated carbocycles. The van der Waals surface area contributed by atoms with Crippen LogP contribution in [-0.4, -0.2) is 37.0 Å². The number of rotatable bonds is 7. The van der Waals surface area contributed by atoms with Gasteiger partial charge in [0.15, 0.2) is 0 Å². The molecule has 1 heterocycles. The van der Waals surface area contributed by atoms with Crippen LogP contribution in [-0.2, 0) is 9.59 Å². The Morgan fingerprint density at radius 2 is 2.18 bits per heavy atom. The van der Waals surface area contributed by atoms with Crippen molar-refractivity contribution in [1.29, 1.82) is 0 Å². The second kappa shape index (κ2) is 7.27. The summed E-state index contributed by atoms with van der Waals surface area (Å²) in [5.74, 6) is 0.140. The van der Waals surface area contributed by atoms with Crippen molar-refractivity contribution in [2.75, 3.05) is 13.1 Å². The van der Waals surface area contributed by atoms with Crippen molar-refractivity contribution in [3.63, 3.8) is 0 Å². The number of hydrogen-bond donors (Lipinski definition) is 3. The Morgan fingerprint density at radius 1 is 1.47 bits per heavy atom. The fourth-order valence-electron chi connectivity index (χ4n) is 1.96. The van der Waals surface area contributed by atoms with Crippen LogP contribution in [0.4, 0.5) is 0 Å². The molecule has 0 aromatic heterocycles. The zero-order valence-electron chi connectivity index (χ0n) is 10.7. The van der Waals surface area contributed by atoms with Crippen molar-refractivity contribution < 1.29 is 9.59 Å². The molecule has 2 amide bonds. The maximum atomic E-state index is 11.5. The van der Waals surface area contributed by atoms with E-state index in [0.717, 1.165) is 19.3 Å². The van der Waals surface area contributed by atoms with Crippen molar-refractivity contribution in [3.8, 4) is 0 Å². The molecule has 1 saturated heterocycles. The average molecular weight is 241 g/mol. The third-order valence-electron chi connectivity index (χ3n) is 3.11. The molecule has 0 radical (unpaired) electrons. The molecule has 0 aromatic rings. The van der Waals surface area contributed by atoms with E-state index in [1.165, 1.54) is 0 Å². The number of hydrogen-bond acceptors (Lipinski definition) is 3. The molecule has 0 spiro atoms. The Hall–Kier alpha value is -1.10. The highest BCUT2D eigenvalue weighted by atomic mass is 16.2. The molecule has 0 bridgehead atoms. The molecule has 17 heavy (non-hydrogen) atoms. The molecule has 1 fully saturated rings. The van der Waals surface area contributed by atoms with Gasteiger partial charge in [-0.3, -0.25) is 9.59 Å². The molecular formula is C12H23N3O2. The van der Waals surface area contributed by atoms with Gasteiger partial charge in [0.05, 0.1) is 6.54 Å². The van der Waals surface area contributed by atoms with Crippen molar-refractivity contribution >= 4 is 11.8 Å². The van der Waals surface area contributed by atoms with E-state index >= 15 is 0 Å². The Bertz CT molecular complexity index is 264. The van der Waals surface area contributed by atoms with Crippen LogP contribution in [0.3, 0.4) is 0 Å². The lowest BCUT2D eigenvalue weighted by molar-refractivity contribution is -0.121. The van der Waals surface area contributed by atoms with E-state index in [2.05, 4.69) is 29.8 Å². The molecule has 5 heteroatoms. The van der Waals surface area contributed by atoms with E-state index < -0.39 is 0 Å². The van der Waals surface area contributed by atoms with E-state index in [1.807, 2.05) is 0 Å². The van der Waals surface area contributed by atoms with E-state index in [1.54, 1.807) is 0 Å². The first-order valence-electron chi connectivity index (χ1n) is 6.45.